The highest BCUT2D eigenvalue weighted by Gasteiger charge is 2.28. The molecular formula is C18H20N4. The Kier molecular flexibility index (Phi) is 4.09. The first-order valence-electron chi connectivity index (χ1n) is 7.57. The number of amidine groups is 1. The lowest BCUT2D eigenvalue weighted by molar-refractivity contribution is 0.907. The zero-order valence-electron chi connectivity index (χ0n) is 13.0. The molecule has 0 saturated heterocycles. The Hall–Kier alpha value is -2.36. The summed E-state index contributed by atoms with van der Waals surface area (Å²) in [5.74, 6) is 1.31. The van der Waals surface area contributed by atoms with E-state index in [0.29, 0.717) is 11.8 Å². The van der Waals surface area contributed by atoms with Gasteiger partial charge in [0.15, 0.2) is 5.84 Å². The lowest BCUT2D eigenvalue weighted by Gasteiger charge is -2.13. The van der Waals surface area contributed by atoms with Crippen molar-refractivity contribution in [2.75, 3.05) is 0 Å². The average Bonchev–Trinajstić information content (AvgIpc) is 3.34. The number of rotatable bonds is 3. The van der Waals surface area contributed by atoms with Gasteiger partial charge >= 0.3 is 0 Å². The minimum atomic E-state index is -0.0351. The van der Waals surface area contributed by atoms with Crippen LogP contribution in [-0.4, -0.2) is 29.8 Å². The Balaban J connectivity index is 1.97. The Morgan fingerprint density at radius 3 is 2.82 bits per heavy atom. The van der Waals surface area contributed by atoms with Crippen LogP contribution in [0.5, 0.6) is 0 Å². The van der Waals surface area contributed by atoms with Gasteiger partial charge in [-0.15, -0.1) is 0 Å². The van der Waals surface area contributed by atoms with Crippen molar-refractivity contribution in [1.29, 1.82) is 0 Å². The van der Waals surface area contributed by atoms with Crippen LogP contribution in [0.1, 0.15) is 31.0 Å². The molecule has 1 fully saturated rings. The van der Waals surface area contributed by atoms with E-state index in [9.17, 15) is 0 Å². The summed E-state index contributed by atoms with van der Waals surface area (Å²) in [6, 6.07) is 3.86. The third kappa shape index (κ3) is 3.11. The minimum Gasteiger partial charge on any atom is -0.265 e. The number of hydrogen-bond acceptors (Lipinski definition) is 3. The van der Waals surface area contributed by atoms with E-state index in [0.717, 1.165) is 11.3 Å². The van der Waals surface area contributed by atoms with Crippen LogP contribution in [0.25, 0.3) is 0 Å². The van der Waals surface area contributed by atoms with Gasteiger partial charge in [0.1, 0.15) is 0 Å². The second kappa shape index (κ2) is 6.18. The zero-order valence-corrected chi connectivity index (χ0v) is 13.0. The molecule has 4 nitrogen and oxygen atoms in total. The van der Waals surface area contributed by atoms with Crippen LogP contribution in [0.2, 0.25) is 0 Å². The molecule has 1 atom stereocenters. The molecule has 1 saturated carbocycles. The quantitative estimate of drug-likeness (QED) is 0.621. The molecule has 1 aromatic heterocycles. The third-order valence-electron chi connectivity index (χ3n) is 4.05. The molecule has 0 N–H and O–H groups in total. The zero-order chi connectivity index (χ0) is 15.5. The van der Waals surface area contributed by atoms with Gasteiger partial charge in [-0.1, -0.05) is 0 Å². The molecule has 112 valence electrons. The van der Waals surface area contributed by atoms with Gasteiger partial charge in [-0.2, -0.15) is 0 Å². The summed E-state index contributed by atoms with van der Waals surface area (Å²) in [6.45, 7) is 7.77. The molecule has 0 amide bonds. The van der Waals surface area contributed by atoms with E-state index in [1.165, 1.54) is 24.0 Å². The summed E-state index contributed by atoms with van der Waals surface area (Å²) in [7, 11) is 0. The number of aliphatic imine (C=N–C) groups is 3. The first-order chi connectivity index (χ1) is 10.7. The molecule has 0 aromatic carbocycles. The fourth-order valence-electron chi connectivity index (χ4n) is 2.66. The van der Waals surface area contributed by atoms with Crippen LogP contribution < -0.4 is 0 Å². The number of pyridine rings is 1. The van der Waals surface area contributed by atoms with Crippen LogP contribution in [-0.2, 0) is 0 Å². The molecule has 2 heterocycles. The maximum absolute atomic E-state index is 4.80. The van der Waals surface area contributed by atoms with Gasteiger partial charge in [0, 0.05) is 29.9 Å². The van der Waals surface area contributed by atoms with Gasteiger partial charge in [-0.05, 0) is 68.7 Å². The molecule has 0 bridgehead atoms. The number of nitrogens with zero attached hydrogens (tertiary/aromatic N) is 4. The number of allylic oxidation sites excluding steroid dienone is 1. The predicted octanol–water partition coefficient (Wildman–Crippen LogP) is 3.53. The molecule has 1 aliphatic carbocycles. The fourth-order valence-corrected chi connectivity index (χ4v) is 2.66. The summed E-state index contributed by atoms with van der Waals surface area (Å²) in [4.78, 5) is 17.5. The molecule has 0 radical (unpaired) electrons. The highest BCUT2D eigenvalue weighted by atomic mass is 14.9. The molecule has 4 heteroatoms. The van der Waals surface area contributed by atoms with Crippen LogP contribution in [0, 0.1) is 12.8 Å². The highest BCUT2D eigenvalue weighted by Crippen LogP contribution is 2.38. The molecule has 1 unspecified atom stereocenters. The van der Waals surface area contributed by atoms with Crippen molar-refractivity contribution in [2.24, 2.45) is 20.9 Å². The Bertz CT molecular complexity index is 706. The summed E-state index contributed by atoms with van der Waals surface area (Å²) < 4.78 is 0. The monoisotopic (exact) mass is 292 g/mol. The van der Waals surface area contributed by atoms with E-state index in [-0.39, 0.29) is 6.04 Å². The van der Waals surface area contributed by atoms with Crippen LogP contribution in [0.3, 0.4) is 0 Å². The highest BCUT2D eigenvalue weighted by molar-refractivity contribution is 6.01. The normalized spacial score (nSPS) is 21.9. The van der Waals surface area contributed by atoms with Crippen LogP contribution >= 0.6 is 0 Å². The molecular weight excluding hydrogens is 272 g/mol. The summed E-state index contributed by atoms with van der Waals surface area (Å²) in [5, 5.41) is 0. The molecule has 1 aliphatic heterocycles. The van der Waals surface area contributed by atoms with E-state index in [1.54, 1.807) is 6.20 Å². The van der Waals surface area contributed by atoms with Gasteiger partial charge in [0.2, 0.25) is 0 Å². The largest absolute Gasteiger partial charge is 0.265 e. The van der Waals surface area contributed by atoms with E-state index >= 15 is 0 Å². The summed E-state index contributed by atoms with van der Waals surface area (Å²) in [6.07, 6.45) is 10.1. The average molecular weight is 292 g/mol. The molecule has 1 aromatic rings. The van der Waals surface area contributed by atoms with Crippen LogP contribution in [0.4, 0.5) is 0 Å². The molecule has 3 rings (SSSR count). The van der Waals surface area contributed by atoms with Crippen molar-refractivity contribution in [3.63, 3.8) is 0 Å². The second-order valence-electron chi connectivity index (χ2n) is 5.77. The minimum absolute atomic E-state index is 0.0351. The second-order valence-corrected chi connectivity index (χ2v) is 5.77. The first kappa shape index (κ1) is 14.6. The SMILES string of the molecule is C=NC(=NC1C=CN=CC(C2CC2)=C1C)c1ccnc(C)c1. The van der Waals surface area contributed by atoms with Gasteiger partial charge < -0.3 is 0 Å². The maximum atomic E-state index is 4.80. The van der Waals surface area contributed by atoms with Gasteiger partial charge in [-0.3, -0.25) is 15.0 Å². The van der Waals surface area contributed by atoms with Crippen molar-refractivity contribution < 1.29 is 0 Å². The first-order valence-corrected chi connectivity index (χ1v) is 7.57. The van der Waals surface area contributed by atoms with Crippen molar-refractivity contribution >= 4 is 18.8 Å². The van der Waals surface area contributed by atoms with Crippen molar-refractivity contribution in [3.8, 4) is 0 Å². The van der Waals surface area contributed by atoms with E-state index in [2.05, 4.69) is 28.6 Å². The Morgan fingerprint density at radius 2 is 2.14 bits per heavy atom. The summed E-state index contributed by atoms with van der Waals surface area (Å²) in [5.41, 5.74) is 4.47. The van der Waals surface area contributed by atoms with Crippen molar-refractivity contribution in [1.82, 2.24) is 4.98 Å². The Morgan fingerprint density at radius 1 is 1.32 bits per heavy atom. The number of hydrogen-bond donors (Lipinski definition) is 0. The fraction of sp³-hybridized carbons (Fsp3) is 0.333. The van der Waals surface area contributed by atoms with Crippen molar-refractivity contribution in [2.45, 2.75) is 32.7 Å². The van der Waals surface area contributed by atoms with Gasteiger partial charge in [-0.25, -0.2) is 4.99 Å². The van der Waals surface area contributed by atoms with E-state index in [1.807, 2.05) is 37.5 Å². The molecule has 22 heavy (non-hydrogen) atoms. The smallest absolute Gasteiger partial charge is 0.154 e. The number of aryl methyl sites for hydroxylation is 1. The van der Waals surface area contributed by atoms with Gasteiger partial charge in [0.25, 0.3) is 0 Å². The standard InChI is InChI=1S/C18H20N4/c1-12-10-15(6-9-21-12)18(19-3)22-17-7-8-20-11-16(13(17)2)14-4-5-14/h6-11,14,17H,3-5H2,1-2H3. The summed E-state index contributed by atoms with van der Waals surface area (Å²) >= 11 is 0. The van der Waals surface area contributed by atoms with E-state index < -0.39 is 0 Å². The lowest BCUT2D eigenvalue weighted by Crippen LogP contribution is -2.10. The lowest BCUT2D eigenvalue weighted by atomic mass is 10.00. The Labute approximate surface area is 131 Å². The topological polar surface area (TPSA) is 50.0 Å². The van der Waals surface area contributed by atoms with Crippen molar-refractivity contribution in [3.05, 3.63) is 53.0 Å². The predicted molar refractivity (Wildman–Crippen MR) is 91.9 cm³/mol. The number of aromatic nitrogens is 1. The molecule has 2 aliphatic rings. The van der Waals surface area contributed by atoms with E-state index in [4.69, 9.17) is 4.99 Å². The van der Waals surface area contributed by atoms with Gasteiger partial charge in [0.05, 0.1) is 6.04 Å². The molecule has 0 spiro atoms. The maximum Gasteiger partial charge on any atom is 0.154 e. The third-order valence-corrected chi connectivity index (χ3v) is 4.05. The van der Waals surface area contributed by atoms with Crippen LogP contribution in [0.15, 0.2) is 56.7 Å².